The molecule has 1 aromatic carbocycles. The molecule has 1 unspecified atom stereocenters. The minimum atomic E-state index is -0.655. The Hall–Kier alpha value is -1.79. The first-order valence-corrected chi connectivity index (χ1v) is 5.93. The van der Waals surface area contributed by atoms with Crippen LogP contribution in [0.15, 0.2) is 29.1 Å². The third kappa shape index (κ3) is 2.72. The van der Waals surface area contributed by atoms with Gasteiger partial charge in [0.1, 0.15) is 5.52 Å². The summed E-state index contributed by atoms with van der Waals surface area (Å²) in [6, 6.07) is 7.04. The van der Waals surface area contributed by atoms with Crippen molar-refractivity contribution in [1.29, 1.82) is 0 Å². The van der Waals surface area contributed by atoms with Crippen molar-refractivity contribution in [1.82, 2.24) is 20.3 Å². The number of fused-ring (bicyclic) bond motifs is 1. The van der Waals surface area contributed by atoms with Gasteiger partial charge in [0.05, 0.1) is 18.0 Å². The van der Waals surface area contributed by atoms with Gasteiger partial charge in [-0.15, -0.1) is 5.10 Å². The predicted molar refractivity (Wildman–Crippen MR) is 68.3 cm³/mol. The van der Waals surface area contributed by atoms with E-state index >= 15 is 0 Å². The highest BCUT2D eigenvalue weighted by Gasteiger charge is 2.09. The molecule has 0 saturated heterocycles. The van der Waals surface area contributed by atoms with E-state index < -0.39 is 6.10 Å². The molecule has 0 bridgehead atoms. The minimum absolute atomic E-state index is 0.143. The number of likely N-dealkylation sites (N-methyl/N-ethyl adjacent to an activating group) is 1. The number of rotatable bonds is 5. The van der Waals surface area contributed by atoms with Gasteiger partial charge in [0.25, 0.3) is 5.56 Å². The Kier molecular flexibility index (Phi) is 4.01. The van der Waals surface area contributed by atoms with Crippen LogP contribution >= 0.6 is 0 Å². The monoisotopic (exact) mass is 248 g/mol. The molecular weight excluding hydrogens is 232 g/mol. The second kappa shape index (κ2) is 5.70. The lowest BCUT2D eigenvalue weighted by Crippen LogP contribution is -2.35. The molecule has 1 heterocycles. The van der Waals surface area contributed by atoms with Crippen LogP contribution in [0, 0.1) is 0 Å². The maximum Gasteiger partial charge on any atom is 0.277 e. The number of aliphatic hydroxyl groups excluding tert-OH is 1. The standard InChI is InChI=1S/C12H16N4O2/c1-2-13-7-9(17)8-16-12(18)10-5-3-4-6-11(10)14-15-16/h3-6,9,13,17H,2,7-8H2,1H3. The lowest BCUT2D eigenvalue weighted by atomic mass is 10.2. The molecule has 18 heavy (non-hydrogen) atoms. The Morgan fingerprint density at radius 1 is 1.44 bits per heavy atom. The summed E-state index contributed by atoms with van der Waals surface area (Å²) in [5.41, 5.74) is 0.344. The van der Waals surface area contributed by atoms with E-state index in [0.29, 0.717) is 17.4 Å². The van der Waals surface area contributed by atoms with E-state index in [1.54, 1.807) is 24.3 Å². The van der Waals surface area contributed by atoms with Crippen LogP contribution in [0.3, 0.4) is 0 Å². The Morgan fingerprint density at radius 3 is 3.00 bits per heavy atom. The number of nitrogens with zero attached hydrogens (tertiary/aromatic N) is 3. The highest BCUT2D eigenvalue weighted by Crippen LogP contribution is 2.03. The van der Waals surface area contributed by atoms with Crippen molar-refractivity contribution in [2.45, 2.75) is 19.6 Å². The lowest BCUT2D eigenvalue weighted by Gasteiger charge is -2.11. The molecule has 0 fully saturated rings. The molecule has 0 aliphatic carbocycles. The van der Waals surface area contributed by atoms with Crippen LogP contribution in [0.2, 0.25) is 0 Å². The molecule has 0 saturated carbocycles. The van der Waals surface area contributed by atoms with Gasteiger partial charge in [0.2, 0.25) is 0 Å². The zero-order valence-corrected chi connectivity index (χ0v) is 10.2. The zero-order chi connectivity index (χ0) is 13.0. The summed E-state index contributed by atoms with van der Waals surface area (Å²) in [7, 11) is 0. The number of aromatic nitrogens is 3. The number of nitrogens with one attached hydrogen (secondary N) is 1. The molecule has 1 atom stereocenters. The fraction of sp³-hybridized carbons (Fsp3) is 0.417. The van der Waals surface area contributed by atoms with E-state index in [9.17, 15) is 9.90 Å². The number of hydrogen-bond acceptors (Lipinski definition) is 5. The van der Waals surface area contributed by atoms with Gasteiger partial charge >= 0.3 is 0 Å². The average molecular weight is 248 g/mol. The smallest absolute Gasteiger partial charge is 0.277 e. The summed E-state index contributed by atoms with van der Waals surface area (Å²) in [6.07, 6.45) is -0.655. The van der Waals surface area contributed by atoms with Crippen molar-refractivity contribution in [3.8, 4) is 0 Å². The van der Waals surface area contributed by atoms with E-state index in [2.05, 4.69) is 15.6 Å². The van der Waals surface area contributed by atoms with Gasteiger partial charge in [0.15, 0.2) is 0 Å². The van der Waals surface area contributed by atoms with Gasteiger partial charge in [-0.3, -0.25) is 4.79 Å². The zero-order valence-electron chi connectivity index (χ0n) is 10.2. The van der Waals surface area contributed by atoms with E-state index in [0.717, 1.165) is 6.54 Å². The molecule has 2 rings (SSSR count). The molecule has 1 aromatic heterocycles. The summed E-state index contributed by atoms with van der Waals surface area (Å²) in [6.45, 7) is 3.30. The van der Waals surface area contributed by atoms with Crippen LogP contribution in [0.5, 0.6) is 0 Å². The van der Waals surface area contributed by atoms with Crippen molar-refractivity contribution in [2.24, 2.45) is 0 Å². The van der Waals surface area contributed by atoms with Crippen LogP contribution in [0.1, 0.15) is 6.92 Å². The third-order valence-electron chi connectivity index (χ3n) is 2.64. The molecule has 0 amide bonds. The largest absolute Gasteiger partial charge is 0.390 e. The molecule has 2 N–H and O–H groups in total. The maximum absolute atomic E-state index is 12.1. The normalized spacial score (nSPS) is 12.8. The van der Waals surface area contributed by atoms with Gasteiger partial charge in [0, 0.05) is 6.54 Å². The van der Waals surface area contributed by atoms with Crippen molar-refractivity contribution in [3.63, 3.8) is 0 Å². The van der Waals surface area contributed by atoms with Crippen LogP contribution in [-0.4, -0.2) is 39.3 Å². The third-order valence-corrected chi connectivity index (χ3v) is 2.64. The maximum atomic E-state index is 12.1. The molecule has 96 valence electrons. The van der Waals surface area contributed by atoms with Gasteiger partial charge in [-0.1, -0.05) is 24.3 Å². The van der Waals surface area contributed by atoms with Gasteiger partial charge < -0.3 is 10.4 Å². The van der Waals surface area contributed by atoms with Crippen molar-refractivity contribution in [2.75, 3.05) is 13.1 Å². The van der Waals surface area contributed by atoms with Gasteiger partial charge in [-0.2, -0.15) is 0 Å². The van der Waals surface area contributed by atoms with E-state index in [-0.39, 0.29) is 12.1 Å². The van der Waals surface area contributed by atoms with E-state index in [4.69, 9.17) is 0 Å². The average Bonchev–Trinajstić information content (AvgIpc) is 2.40. The van der Waals surface area contributed by atoms with Crippen LogP contribution in [0.4, 0.5) is 0 Å². The Bertz CT molecular complexity index is 582. The second-order valence-corrected chi connectivity index (χ2v) is 4.06. The molecule has 6 heteroatoms. The molecule has 2 aromatic rings. The van der Waals surface area contributed by atoms with E-state index in [1.807, 2.05) is 6.92 Å². The quantitative estimate of drug-likeness (QED) is 0.763. The predicted octanol–water partition coefficient (Wildman–Crippen LogP) is -0.238. The Balaban J connectivity index is 2.24. The minimum Gasteiger partial charge on any atom is -0.390 e. The summed E-state index contributed by atoms with van der Waals surface area (Å²) in [5.74, 6) is 0. The molecule has 0 spiro atoms. The van der Waals surface area contributed by atoms with Gasteiger partial charge in [-0.05, 0) is 18.7 Å². The highest BCUT2D eigenvalue weighted by atomic mass is 16.3. The van der Waals surface area contributed by atoms with Crippen molar-refractivity contribution >= 4 is 10.9 Å². The summed E-state index contributed by atoms with van der Waals surface area (Å²) >= 11 is 0. The summed E-state index contributed by atoms with van der Waals surface area (Å²) in [5, 5.41) is 21.0. The molecule has 0 radical (unpaired) electrons. The first-order valence-electron chi connectivity index (χ1n) is 5.93. The van der Waals surface area contributed by atoms with Crippen LogP contribution < -0.4 is 10.9 Å². The SMILES string of the molecule is CCNCC(O)Cn1nnc2ccccc2c1=O. The first kappa shape index (κ1) is 12.7. The molecule has 0 aliphatic rings. The Labute approximate surface area is 104 Å². The fourth-order valence-electron chi connectivity index (χ4n) is 1.72. The number of hydrogen-bond donors (Lipinski definition) is 2. The van der Waals surface area contributed by atoms with Crippen molar-refractivity contribution in [3.05, 3.63) is 34.6 Å². The Morgan fingerprint density at radius 2 is 2.22 bits per heavy atom. The summed E-state index contributed by atoms with van der Waals surface area (Å²) < 4.78 is 1.20. The van der Waals surface area contributed by atoms with Crippen LogP contribution in [-0.2, 0) is 6.54 Å². The second-order valence-electron chi connectivity index (χ2n) is 4.06. The fourth-order valence-corrected chi connectivity index (χ4v) is 1.72. The molecule has 0 aliphatic heterocycles. The van der Waals surface area contributed by atoms with Crippen molar-refractivity contribution < 1.29 is 5.11 Å². The number of benzene rings is 1. The topological polar surface area (TPSA) is 80.0 Å². The lowest BCUT2D eigenvalue weighted by molar-refractivity contribution is 0.144. The first-order chi connectivity index (χ1) is 8.72. The highest BCUT2D eigenvalue weighted by molar-refractivity contribution is 5.76. The molecule has 6 nitrogen and oxygen atoms in total. The van der Waals surface area contributed by atoms with E-state index in [1.165, 1.54) is 4.68 Å². The summed E-state index contributed by atoms with van der Waals surface area (Å²) in [4.78, 5) is 12.1. The number of aliphatic hydroxyl groups is 1. The van der Waals surface area contributed by atoms with Gasteiger partial charge in [-0.25, -0.2) is 4.68 Å². The van der Waals surface area contributed by atoms with Crippen LogP contribution in [0.25, 0.3) is 10.9 Å². The molecular formula is C12H16N4O2.